The molecule has 1 aromatic heterocycles. The molecule has 0 fully saturated rings. The van der Waals surface area contributed by atoms with E-state index in [-0.39, 0.29) is 17.8 Å². The molecule has 0 spiro atoms. The Kier molecular flexibility index (Phi) is 6.28. The van der Waals surface area contributed by atoms with E-state index in [9.17, 15) is 31.1 Å². The second-order valence-electron chi connectivity index (χ2n) is 6.46. The molecular formula is C21H13F6NO4. The van der Waals surface area contributed by atoms with Crippen LogP contribution in [0.25, 0.3) is 22.5 Å². The first-order chi connectivity index (χ1) is 14.9. The van der Waals surface area contributed by atoms with E-state index in [1.165, 1.54) is 36.4 Å². The van der Waals surface area contributed by atoms with Crippen LogP contribution in [0.3, 0.4) is 0 Å². The van der Waals surface area contributed by atoms with Gasteiger partial charge in [0.05, 0.1) is 17.8 Å². The van der Waals surface area contributed by atoms with E-state index in [2.05, 4.69) is 14.5 Å². The second kappa shape index (κ2) is 8.77. The Morgan fingerprint density at radius 3 is 1.44 bits per heavy atom. The number of carboxylic acid groups (broad SMARTS) is 1. The monoisotopic (exact) mass is 457 g/mol. The first kappa shape index (κ1) is 22.9. The van der Waals surface area contributed by atoms with Crippen molar-refractivity contribution in [2.75, 3.05) is 0 Å². The van der Waals surface area contributed by atoms with Crippen LogP contribution in [0.15, 0.2) is 60.7 Å². The lowest BCUT2D eigenvalue weighted by Crippen LogP contribution is -2.16. The summed E-state index contributed by atoms with van der Waals surface area (Å²) >= 11 is 0. The third-order valence-corrected chi connectivity index (χ3v) is 4.01. The Balaban J connectivity index is 1.96. The van der Waals surface area contributed by atoms with E-state index in [1.807, 2.05) is 0 Å². The van der Waals surface area contributed by atoms with Crippen molar-refractivity contribution in [1.29, 1.82) is 0 Å². The minimum Gasteiger partial charge on any atom is -0.481 e. The van der Waals surface area contributed by atoms with Gasteiger partial charge in [-0.1, -0.05) is 0 Å². The first-order valence-electron chi connectivity index (χ1n) is 8.83. The number of alkyl halides is 6. The lowest BCUT2D eigenvalue weighted by molar-refractivity contribution is -0.275. The zero-order valence-electron chi connectivity index (χ0n) is 15.9. The van der Waals surface area contributed by atoms with Gasteiger partial charge in [0.1, 0.15) is 11.5 Å². The molecular weight excluding hydrogens is 444 g/mol. The zero-order chi connectivity index (χ0) is 23.5. The number of aromatic nitrogens is 1. The average Bonchev–Trinajstić information content (AvgIpc) is 2.66. The van der Waals surface area contributed by atoms with Crippen LogP contribution >= 0.6 is 0 Å². The Morgan fingerprint density at radius 2 is 1.12 bits per heavy atom. The molecule has 0 bridgehead atoms. The highest BCUT2D eigenvalue weighted by molar-refractivity contribution is 5.74. The molecule has 5 nitrogen and oxygen atoms in total. The number of halogens is 6. The zero-order valence-corrected chi connectivity index (χ0v) is 15.9. The quantitative estimate of drug-likeness (QED) is 0.471. The fourth-order valence-electron chi connectivity index (χ4n) is 2.81. The van der Waals surface area contributed by atoms with E-state index < -0.39 is 30.2 Å². The standard InChI is InChI=1S/C21H13F6NO4/c22-20(23,24)31-15-5-1-13(2-6-15)17-9-12(11-19(29)30)10-18(28-17)14-3-7-16(8-4-14)32-21(25,26)27/h1-10H,11H2,(H,29,30). The Labute approximate surface area is 176 Å². The number of nitrogens with zero attached hydrogens (tertiary/aromatic N) is 1. The summed E-state index contributed by atoms with van der Waals surface area (Å²) in [4.78, 5) is 15.5. The molecule has 0 saturated carbocycles. The van der Waals surface area contributed by atoms with Crippen LogP contribution in [0.2, 0.25) is 0 Å². The minimum absolute atomic E-state index is 0.257. The van der Waals surface area contributed by atoms with Crippen molar-refractivity contribution in [1.82, 2.24) is 4.98 Å². The third kappa shape index (κ3) is 6.62. The summed E-state index contributed by atoms with van der Waals surface area (Å²) < 4.78 is 81.7. The number of pyridine rings is 1. The van der Waals surface area contributed by atoms with Gasteiger partial charge in [0.2, 0.25) is 0 Å². The molecule has 0 unspecified atom stereocenters. The Morgan fingerprint density at radius 1 is 0.750 bits per heavy atom. The van der Waals surface area contributed by atoms with Crippen LogP contribution in [0.1, 0.15) is 5.56 Å². The first-order valence-corrected chi connectivity index (χ1v) is 8.83. The highest BCUT2D eigenvalue weighted by Gasteiger charge is 2.31. The number of benzene rings is 2. The smallest absolute Gasteiger partial charge is 0.481 e. The van der Waals surface area contributed by atoms with Crippen LogP contribution < -0.4 is 9.47 Å². The molecule has 3 rings (SSSR count). The summed E-state index contributed by atoms with van der Waals surface area (Å²) in [5, 5.41) is 9.11. The number of carboxylic acids is 1. The Bertz CT molecular complexity index is 1020. The molecule has 32 heavy (non-hydrogen) atoms. The van der Waals surface area contributed by atoms with Gasteiger partial charge in [0.25, 0.3) is 0 Å². The van der Waals surface area contributed by atoms with Gasteiger partial charge < -0.3 is 14.6 Å². The lowest BCUT2D eigenvalue weighted by atomic mass is 10.0. The SMILES string of the molecule is O=C(O)Cc1cc(-c2ccc(OC(F)(F)F)cc2)nc(-c2ccc(OC(F)(F)F)cc2)c1. The third-order valence-electron chi connectivity index (χ3n) is 4.01. The molecule has 0 aliphatic heterocycles. The predicted molar refractivity (Wildman–Crippen MR) is 99.8 cm³/mol. The summed E-state index contributed by atoms with van der Waals surface area (Å²) in [7, 11) is 0. The van der Waals surface area contributed by atoms with Crippen molar-refractivity contribution in [2.45, 2.75) is 19.1 Å². The van der Waals surface area contributed by atoms with Gasteiger partial charge in [-0.3, -0.25) is 4.79 Å². The summed E-state index contributed by atoms with van der Waals surface area (Å²) in [5.41, 5.74) is 1.61. The Hall–Kier alpha value is -3.76. The summed E-state index contributed by atoms with van der Waals surface area (Å²) in [6.07, 6.45) is -10.1. The number of aliphatic carboxylic acids is 1. The summed E-state index contributed by atoms with van der Waals surface area (Å²) in [6.45, 7) is 0. The molecule has 0 aliphatic rings. The van der Waals surface area contributed by atoms with Gasteiger partial charge >= 0.3 is 18.7 Å². The minimum atomic E-state index is -4.85. The molecule has 1 heterocycles. The van der Waals surface area contributed by atoms with Gasteiger partial charge in [-0.05, 0) is 66.2 Å². The van der Waals surface area contributed by atoms with E-state index in [0.29, 0.717) is 16.7 Å². The van der Waals surface area contributed by atoms with Crippen molar-refractivity contribution in [3.63, 3.8) is 0 Å². The van der Waals surface area contributed by atoms with Crippen LogP contribution in [-0.4, -0.2) is 28.8 Å². The molecule has 1 N–H and O–H groups in total. The summed E-state index contributed by atoms with van der Waals surface area (Å²) in [5.74, 6) is -2.01. The van der Waals surface area contributed by atoms with Gasteiger partial charge in [0, 0.05) is 11.1 Å². The summed E-state index contributed by atoms with van der Waals surface area (Å²) in [6, 6.07) is 12.5. The van der Waals surface area contributed by atoms with E-state index >= 15 is 0 Å². The number of hydrogen-bond donors (Lipinski definition) is 1. The normalized spacial score (nSPS) is 11.8. The molecule has 11 heteroatoms. The van der Waals surface area contributed by atoms with E-state index in [4.69, 9.17) is 5.11 Å². The number of hydrogen-bond acceptors (Lipinski definition) is 4. The van der Waals surface area contributed by atoms with Crippen LogP contribution in [0, 0.1) is 0 Å². The number of rotatable bonds is 6. The maximum absolute atomic E-state index is 12.3. The highest BCUT2D eigenvalue weighted by atomic mass is 19.4. The van der Waals surface area contributed by atoms with E-state index in [0.717, 1.165) is 24.3 Å². The maximum atomic E-state index is 12.3. The predicted octanol–water partition coefficient (Wildman–Crippen LogP) is 5.84. The molecule has 2 aromatic carbocycles. The lowest BCUT2D eigenvalue weighted by Gasteiger charge is -2.12. The topological polar surface area (TPSA) is 68.7 Å². The molecule has 0 amide bonds. The fourth-order valence-corrected chi connectivity index (χ4v) is 2.81. The van der Waals surface area contributed by atoms with Crippen molar-refractivity contribution < 1.29 is 45.7 Å². The molecule has 0 atom stereocenters. The van der Waals surface area contributed by atoms with Gasteiger partial charge in [0.15, 0.2) is 0 Å². The molecule has 0 radical (unpaired) electrons. The van der Waals surface area contributed by atoms with Crippen molar-refractivity contribution in [3.05, 3.63) is 66.2 Å². The van der Waals surface area contributed by atoms with Gasteiger partial charge in [-0.15, -0.1) is 26.3 Å². The average molecular weight is 457 g/mol. The second-order valence-corrected chi connectivity index (χ2v) is 6.46. The van der Waals surface area contributed by atoms with Crippen molar-refractivity contribution in [3.8, 4) is 34.0 Å². The highest BCUT2D eigenvalue weighted by Crippen LogP contribution is 2.30. The van der Waals surface area contributed by atoms with Crippen LogP contribution in [-0.2, 0) is 11.2 Å². The molecule has 0 aliphatic carbocycles. The van der Waals surface area contributed by atoms with Crippen molar-refractivity contribution >= 4 is 5.97 Å². The van der Waals surface area contributed by atoms with Crippen LogP contribution in [0.4, 0.5) is 26.3 Å². The molecule has 3 aromatic rings. The van der Waals surface area contributed by atoms with Gasteiger partial charge in [-0.25, -0.2) is 4.98 Å². The van der Waals surface area contributed by atoms with Gasteiger partial charge in [-0.2, -0.15) is 0 Å². The van der Waals surface area contributed by atoms with E-state index in [1.54, 1.807) is 0 Å². The fraction of sp³-hybridized carbons (Fsp3) is 0.143. The van der Waals surface area contributed by atoms with Crippen LogP contribution in [0.5, 0.6) is 11.5 Å². The van der Waals surface area contributed by atoms with Crippen molar-refractivity contribution in [2.24, 2.45) is 0 Å². The molecule has 0 saturated heterocycles. The largest absolute Gasteiger partial charge is 0.573 e. The number of carbonyl (C=O) groups is 1. The maximum Gasteiger partial charge on any atom is 0.573 e. The number of ether oxygens (including phenoxy) is 2. The molecule has 168 valence electrons.